The zero-order valence-electron chi connectivity index (χ0n) is 8.73. The summed E-state index contributed by atoms with van der Waals surface area (Å²) >= 11 is 1.25. The summed E-state index contributed by atoms with van der Waals surface area (Å²) in [7, 11) is 1.55. The molecule has 0 spiro atoms. The fourth-order valence-electron chi connectivity index (χ4n) is 1.71. The van der Waals surface area contributed by atoms with Gasteiger partial charge in [0, 0.05) is 6.20 Å². The van der Waals surface area contributed by atoms with E-state index in [-0.39, 0.29) is 0 Å². The molecule has 0 aliphatic carbocycles. The van der Waals surface area contributed by atoms with Gasteiger partial charge in [0.1, 0.15) is 16.0 Å². The van der Waals surface area contributed by atoms with E-state index in [2.05, 4.69) is 15.0 Å². The van der Waals surface area contributed by atoms with Crippen molar-refractivity contribution < 1.29 is 4.74 Å². The predicted octanol–water partition coefficient (Wildman–Crippen LogP) is 0.835. The Kier molecular flexibility index (Phi) is 2.02. The van der Waals surface area contributed by atoms with Gasteiger partial charge in [-0.25, -0.2) is 4.79 Å². The number of aromatic amines is 2. The molecule has 3 aromatic rings. The number of ether oxygens (including phenoxy) is 1. The van der Waals surface area contributed by atoms with Gasteiger partial charge < -0.3 is 9.72 Å². The molecule has 7 heteroatoms. The van der Waals surface area contributed by atoms with E-state index in [0.29, 0.717) is 21.5 Å². The predicted molar refractivity (Wildman–Crippen MR) is 64.9 cm³/mol. The first kappa shape index (κ1) is 10.0. The largest absolute Gasteiger partial charge is 0.495 e. The molecule has 3 rings (SSSR count). The smallest absolute Gasteiger partial charge is 0.326 e. The van der Waals surface area contributed by atoms with Crippen LogP contribution in [0.25, 0.3) is 20.4 Å². The van der Waals surface area contributed by atoms with Crippen molar-refractivity contribution >= 4 is 31.8 Å². The van der Waals surface area contributed by atoms with Crippen LogP contribution in [-0.4, -0.2) is 22.1 Å². The maximum atomic E-state index is 11.6. The monoisotopic (exact) mass is 249 g/mol. The summed E-state index contributed by atoms with van der Waals surface area (Å²) in [4.78, 5) is 31.8. The van der Waals surface area contributed by atoms with Crippen LogP contribution in [-0.2, 0) is 0 Å². The van der Waals surface area contributed by atoms with Crippen molar-refractivity contribution in [1.29, 1.82) is 0 Å². The van der Waals surface area contributed by atoms with Gasteiger partial charge in [0.25, 0.3) is 5.56 Å². The summed E-state index contributed by atoms with van der Waals surface area (Å²) in [6.07, 6.45) is 1.58. The van der Waals surface area contributed by atoms with Crippen LogP contribution in [0.3, 0.4) is 0 Å². The van der Waals surface area contributed by atoms with Crippen LogP contribution < -0.4 is 16.0 Å². The van der Waals surface area contributed by atoms with Crippen molar-refractivity contribution in [1.82, 2.24) is 15.0 Å². The topological polar surface area (TPSA) is 87.8 Å². The molecule has 86 valence electrons. The van der Waals surface area contributed by atoms with Gasteiger partial charge >= 0.3 is 5.69 Å². The van der Waals surface area contributed by atoms with Crippen molar-refractivity contribution in [3.05, 3.63) is 33.1 Å². The molecule has 2 N–H and O–H groups in total. The Bertz CT molecular complexity index is 830. The fourth-order valence-corrected chi connectivity index (χ4v) is 2.81. The van der Waals surface area contributed by atoms with Gasteiger partial charge in [-0.2, -0.15) is 0 Å². The van der Waals surface area contributed by atoms with Crippen LogP contribution in [0.5, 0.6) is 5.75 Å². The molecular formula is C10H7N3O3S. The Hall–Kier alpha value is -2.15. The first-order valence-corrected chi connectivity index (χ1v) is 5.60. The SMILES string of the molecule is COc1ccnc2c1sc1c(=O)[nH]c(=O)[nH]c12. The number of pyridine rings is 1. The van der Waals surface area contributed by atoms with Crippen molar-refractivity contribution in [2.45, 2.75) is 0 Å². The minimum absolute atomic E-state index is 0.409. The number of methoxy groups -OCH3 is 1. The van der Waals surface area contributed by atoms with Crippen LogP contribution in [0, 0.1) is 0 Å². The summed E-state index contributed by atoms with van der Waals surface area (Å²) in [5.74, 6) is 0.636. The van der Waals surface area contributed by atoms with Crippen LogP contribution in [0.15, 0.2) is 21.9 Å². The molecule has 0 aliphatic heterocycles. The number of hydrogen-bond acceptors (Lipinski definition) is 5. The molecule has 3 heterocycles. The van der Waals surface area contributed by atoms with Gasteiger partial charge in [-0.15, -0.1) is 11.3 Å². The zero-order chi connectivity index (χ0) is 12.0. The van der Waals surface area contributed by atoms with Crippen LogP contribution in [0.2, 0.25) is 0 Å². The molecule has 6 nitrogen and oxygen atoms in total. The highest BCUT2D eigenvalue weighted by atomic mass is 32.1. The van der Waals surface area contributed by atoms with Gasteiger partial charge in [-0.05, 0) is 6.07 Å². The Balaban J connectivity index is 2.63. The third-order valence-electron chi connectivity index (χ3n) is 2.43. The van der Waals surface area contributed by atoms with Crippen LogP contribution in [0.1, 0.15) is 0 Å². The molecule has 0 saturated carbocycles. The quantitative estimate of drug-likeness (QED) is 0.668. The molecule has 0 unspecified atom stereocenters. The standard InChI is InChI=1S/C10H7N3O3S/c1-16-4-2-3-11-5-6-8(17-7(4)5)9(14)13-10(15)12-6/h2-3H,1H3,(H2,12,13,14,15). The Morgan fingerprint density at radius 2 is 2.12 bits per heavy atom. The number of H-pyrrole nitrogens is 2. The molecule has 0 fully saturated rings. The molecule has 0 bridgehead atoms. The maximum Gasteiger partial charge on any atom is 0.326 e. The lowest BCUT2D eigenvalue weighted by Gasteiger charge is -1.98. The van der Waals surface area contributed by atoms with Crippen molar-refractivity contribution in [3.63, 3.8) is 0 Å². The number of thiophene rings is 1. The van der Waals surface area contributed by atoms with Gasteiger partial charge in [-0.3, -0.25) is 14.8 Å². The van der Waals surface area contributed by atoms with E-state index >= 15 is 0 Å². The minimum Gasteiger partial charge on any atom is -0.495 e. The first-order chi connectivity index (χ1) is 8.20. The van der Waals surface area contributed by atoms with Gasteiger partial charge in [0.15, 0.2) is 0 Å². The lowest BCUT2D eigenvalue weighted by molar-refractivity contribution is 0.420. The minimum atomic E-state index is -0.535. The Labute approximate surface area is 97.9 Å². The number of nitrogens with zero attached hydrogens (tertiary/aromatic N) is 1. The normalized spacial score (nSPS) is 11.1. The second-order valence-electron chi connectivity index (χ2n) is 3.41. The zero-order valence-corrected chi connectivity index (χ0v) is 9.55. The average molecular weight is 249 g/mol. The second kappa shape index (κ2) is 3.42. The average Bonchev–Trinajstić information content (AvgIpc) is 2.68. The summed E-state index contributed by atoms with van der Waals surface area (Å²) in [5, 5.41) is 0. The number of nitrogens with one attached hydrogen (secondary N) is 2. The van der Waals surface area contributed by atoms with Crippen LogP contribution >= 0.6 is 11.3 Å². The second-order valence-corrected chi connectivity index (χ2v) is 4.43. The van der Waals surface area contributed by atoms with E-state index in [1.807, 2.05) is 0 Å². The van der Waals surface area contributed by atoms with E-state index in [1.165, 1.54) is 11.3 Å². The highest BCUT2D eigenvalue weighted by Gasteiger charge is 2.13. The number of hydrogen-bond donors (Lipinski definition) is 2. The summed E-state index contributed by atoms with van der Waals surface area (Å²) in [5.41, 5.74) is 0.0887. The lowest BCUT2D eigenvalue weighted by Crippen LogP contribution is -2.20. The van der Waals surface area contributed by atoms with Crippen molar-refractivity contribution in [2.75, 3.05) is 7.11 Å². The molecule has 0 radical (unpaired) electrons. The van der Waals surface area contributed by atoms with E-state index in [9.17, 15) is 9.59 Å². The lowest BCUT2D eigenvalue weighted by atomic mass is 10.3. The van der Waals surface area contributed by atoms with E-state index in [4.69, 9.17) is 4.74 Å². The van der Waals surface area contributed by atoms with Gasteiger partial charge in [0.2, 0.25) is 0 Å². The fraction of sp³-hybridized carbons (Fsp3) is 0.100. The molecule has 0 aliphatic rings. The van der Waals surface area contributed by atoms with Crippen LogP contribution in [0.4, 0.5) is 0 Å². The summed E-state index contributed by atoms with van der Waals surface area (Å²) in [6, 6.07) is 1.71. The molecule has 3 aromatic heterocycles. The summed E-state index contributed by atoms with van der Waals surface area (Å²) in [6.45, 7) is 0. The van der Waals surface area contributed by atoms with Crippen molar-refractivity contribution in [2.24, 2.45) is 0 Å². The van der Waals surface area contributed by atoms with E-state index in [0.717, 1.165) is 4.70 Å². The molecule has 0 saturated heterocycles. The third-order valence-corrected chi connectivity index (χ3v) is 3.62. The summed E-state index contributed by atoms with van der Waals surface area (Å²) < 4.78 is 6.38. The Morgan fingerprint density at radius 3 is 2.88 bits per heavy atom. The Morgan fingerprint density at radius 1 is 1.29 bits per heavy atom. The highest BCUT2D eigenvalue weighted by molar-refractivity contribution is 7.26. The molecule has 17 heavy (non-hydrogen) atoms. The molecule has 0 amide bonds. The van der Waals surface area contributed by atoms with Gasteiger partial charge in [0.05, 0.1) is 17.3 Å². The number of rotatable bonds is 1. The van der Waals surface area contributed by atoms with Crippen molar-refractivity contribution in [3.8, 4) is 5.75 Å². The number of aromatic nitrogens is 3. The third kappa shape index (κ3) is 1.36. The molecular weight excluding hydrogens is 242 g/mol. The molecule has 0 atom stereocenters. The highest BCUT2D eigenvalue weighted by Crippen LogP contribution is 2.34. The molecule has 0 aromatic carbocycles. The maximum absolute atomic E-state index is 11.6. The van der Waals surface area contributed by atoms with E-state index in [1.54, 1.807) is 19.4 Å². The first-order valence-electron chi connectivity index (χ1n) is 4.78. The number of fused-ring (bicyclic) bond motifs is 3. The van der Waals surface area contributed by atoms with Gasteiger partial charge in [-0.1, -0.05) is 0 Å². The van der Waals surface area contributed by atoms with E-state index < -0.39 is 11.2 Å².